The molecular weight excluding hydrogens is 222 g/mol. The molecule has 1 aromatic heterocycles. The highest BCUT2D eigenvalue weighted by Crippen LogP contribution is 2.30. The van der Waals surface area contributed by atoms with Crippen LogP contribution in [0.15, 0.2) is 18.3 Å². The molecule has 3 nitrogen and oxygen atoms in total. The van der Waals surface area contributed by atoms with Gasteiger partial charge in [-0.15, -0.1) is 0 Å². The molecule has 1 saturated carbocycles. The van der Waals surface area contributed by atoms with Crippen molar-refractivity contribution in [2.24, 2.45) is 11.7 Å². The molecule has 2 unspecified atom stereocenters. The smallest absolute Gasteiger partial charge is 0.0569 e. The van der Waals surface area contributed by atoms with Gasteiger partial charge in [-0.25, -0.2) is 0 Å². The van der Waals surface area contributed by atoms with Gasteiger partial charge in [-0.3, -0.25) is 4.98 Å². The molecule has 1 aliphatic carbocycles. The molecule has 1 fully saturated rings. The maximum atomic E-state index is 5.83. The maximum absolute atomic E-state index is 5.83. The van der Waals surface area contributed by atoms with Crippen LogP contribution in [0.1, 0.15) is 51.3 Å². The molecule has 2 rings (SSSR count). The Hall–Kier alpha value is -1.09. The van der Waals surface area contributed by atoms with E-state index in [1.54, 1.807) is 0 Å². The van der Waals surface area contributed by atoms with E-state index in [-0.39, 0.29) is 6.04 Å². The minimum atomic E-state index is 0.0120. The fourth-order valence-electron chi connectivity index (χ4n) is 2.94. The summed E-state index contributed by atoms with van der Waals surface area (Å²) in [5.41, 5.74) is 8.00. The standard InChI is InChI=1S/C15H25N3/c1-11-6-4-5-7-15(11)18(3)13-8-9-14(12(2)16)17-10-13/h8-12,15H,4-7,16H2,1-3H3/t11?,12-,15?/m0/s1. The van der Waals surface area contributed by atoms with Crippen molar-refractivity contribution in [1.82, 2.24) is 4.98 Å². The van der Waals surface area contributed by atoms with Crippen molar-refractivity contribution in [3.8, 4) is 0 Å². The molecule has 0 saturated heterocycles. The van der Waals surface area contributed by atoms with Crippen LogP contribution in [-0.2, 0) is 0 Å². The van der Waals surface area contributed by atoms with E-state index >= 15 is 0 Å². The number of aromatic nitrogens is 1. The lowest BCUT2D eigenvalue weighted by atomic mass is 9.85. The molecule has 0 radical (unpaired) electrons. The van der Waals surface area contributed by atoms with E-state index in [0.29, 0.717) is 6.04 Å². The zero-order chi connectivity index (χ0) is 13.1. The van der Waals surface area contributed by atoms with Crippen molar-refractivity contribution in [3.05, 3.63) is 24.0 Å². The lowest BCUT2D eigenvalue weighted by Crippen LogP contribution is -2.39. The Morgan fingerprint density at radius 1 is 1.33 bits per heavy atom. The first-order valence-electron chi connectivity index (χ1n) is 7.04. The molecule has 1 aromatic rings. The van der Waals surface area contributed by atoms with Gasteiger partial charge in [0.05, 0.1) is 17.6 Å². The van der Waals surface area contributed by atoms with Crippen LogP contribution in [0.3, 0.4) is 0 Å². The second-order valence-electron chi connectivity index (χ2n) is 5.67. The van der Waals surface area contributed by atoms with Crippen LogP contribution in [0.4, 0.5) is 5.69 Å². The molecule has 0 spiro atoms. The van der Waals surface area contributed by atoms with Crippen molar-refractivity contribution in [1.29, 1.82) is 0 Å². The second-order valence-corrected chi connectivity index (χ2v) is 5.67. The SMILES string of the molecule is CC1CCCCC1N(C)c1ccc([C@H](C)N)nc1. The monoisotopic (exact) mass is 247 g/mol. The minimum absolute atomic E-state index is 0.0120. The molecule has 3 heteroatoms. The fraction of sp³-hybridized carbons (Fsp3) is 0.667. The zero-order valence-electron chi connectivity index (χ0n) is 11.8. The summed E-state index contributed by atoms with van der Waals surface area (Å²) in [5.74, 6) is 0.775. The highest BCUT2D eigenvalue weighted by Gasteiger charge is 2.25. The summed E-state index contributed by atoms with van der Waals surface area (Å²) in [6.45, 7) is 4.33. The number of nitrogens with two attached hydrogens (primary N) is 1. The summed E-state index contributed by atoms with van der Waals surface area (Å²) < 4.78 is 0. The van der Waals surface area contributed by atoms with Crippen LogP contribution in [0.25, 0.3) is 0 Å². The molecule has 0 aliphatic heterocycles. The summed E-state index contributed by atoms with van der Waals surface area (Å²) >= 11 is 0. The van der Waals surface area contributed by atoms with Crippen LogP contribution >= 0.6 is 0 Å². The lowest BCUT2D eigenvalue weighted by Gasteiger charge is -2.37. The highest BCUT2D eigenvalue weighted by atomic mass is 15.1. The van der Waals surface area contributed by atoms with Gasteiger partial charge in [-0.2, -0.15) is 0 Å². The number of pyridine rings is 1. The predicted molar refractivity (Wildman–Crippen MR) is 76.7 cm³/mol. The summed E-state index contributed by atoms with van der Waals surface area (Å²) in [5, 5.41) is 0. The van der Waals surface area contributed by atoms with Crippen LogP contribution < -0.4 is 10.6 Å². The van der Waals surface area contributed by atoms with E-state index < -0.39 is 0 Å². The molecule has 2 N–H and O–H groups in total. The number of rotatable bonds is 3. The summed E-state index contributed by atoms with van der Waals surface area (Å²) in [6, 6.07) is 4.86. The van der Waals surface area contributed by atoms with Gasteiger partial charge in [0, 0.05) is 19.1 Å². The Bertz CT molecular complexity index is 372. The van der Waals surface area contributed by atoms with Gasteiger partial charge in [-0.05, 0) is 37.8 Å². The first kappa shape index (κ1) is 13.3. The quantitative estimate of drug-likeness (QED) is 0.892. The summed E-state index contributed by atoms with van der Waals surface area (Å²) in [4.78, 5) is 6.84. The molecule has 1 heterocycles. The maximum Gasteiger partial charge on any atom is 0.0569 e. The van der Waals surface area contributed by atoms with E-state index in [1.807, 2.05) is 19.2 Å². The molecule has 1 aliphatic rings. The fourth-order valence-corrected chi connectivity index (χ4v) is 2.94. The Kier molecular flexibility index (Phi) is 4.23. The third-order valence-electron chi connectivity index (χ3n) is 4.21. The predicted octanol–water partition coefficient (Wildman–Crippen LogP) is 3.12. The Morgan fingerprint density at radius 2 is 2.06 bits per heavy atom. The molecule has 0 aromatic carbocycles. The Morgan fingerprint density at radius 3 is 2.61 bits per heavy atom. The van der Waals surface area contributed by atoms with E-state index in [9.17, 15) is 0 Å². The Labute approximate surface area is 110 Å². The van der Waals surface area contributed by atoms with Gasteiger partial charge in [0.15, 0.2) is 0 Å². The molecule has 100 valence electrons. The topological polar surface area (TPSA) is 42.1 Å². The zero-order valence-corrected chi connectivity index (χ0v) is 11.8. The van der Waals surface area contributed by atoms with Crippen LogP contribution in [0, 0.1) is 5.92 Å². The van der Waals surface area contributed by atoms with Gasteiger partial charge in [0.1, 0.15) is 0 Å². The largest absolute Gasteiger partial charge is 0.370 e. The number of nitrogens with zero attached hydrogens (tertiary/aromatic N) is 2. The first-order valence-corrected chi connectivity index (χ1v) is 7.04. The van der Waals surface area contributed by atoms with Crippen molar-refractivity contribution < 1.29 is 0 Å². The van der Waals surface area contributed by atoms with Gasteiger partial charge >= 0.3 is 0 Å². The van der Waals surface area contributed by atoms with E-state index in [1.165, 1.54) is 31.4 Å². The van der Waals surface area contributed by atoms with E-state index in [2.05, 4.69) is 29.9 Å². The average molecular weight is 247 g/mol. The summed E-state index contributed by atoms with van der Waals surface area (Å²) in [6.07, 6.45) is 7.34. The highest BCUT2D eigenvalue weighted by molar-refractivity contribution is 5.45. The van der Waals surface area contributed by atoms with Gasteiger partial charge in [0.2, 0.25) is 0 Å². The van der Waals surface area contributed by atoms with Gasteiger partial charge in [-0.1, -0.05) is 19.8 Å². The number of hydrogen-bond donors (Lipinski definition) is 1. The number of anilines is 1. The van der Waals surface area contributed by atoms with Crippen molar-refractivity contribution >= 4 is 5.69 Å². The average Bonchev–Trinajstić information content (AvgIpc) is 2.38. The molecular formula is C15H25N3. The molecule has 3 atom stereocenters. The van der Waals surface area contributed by atoms with E-state index in [0.717, 1.165) is 11.6 Å². The van der Waals surface area contributed by atoms with Crippen LogP contribution in [-0.4, -0.2) is 18.1 Å². The van der Waals surface area contributed by atoms with Crippen LogP contribution in [0.2, 0.25) is 0 Å². The van der Waals surface area contributed by atoms with Gasteiger partial charge < -0.3 is 10.6 Å². The first-order chi connectivity index (χ1) is 8.59. The third-order valence-corrected chi connectivity index (χ3v) is 4.21. The third kappa shape index (κ3) is 2.83. The van der Waals surface area contributed by atoms with E-state index in [4.69, 9.17) is 5.73 Å². The normalized spacial score (nSPS) is 25.8. The molecule has 0 amide bonds. The lowest BCUT2D eigenvalue weighted by molar-refractivity contribution is 0.321. The Balaban J connectivity index is 2.10. The summed E-state index contributed by atoms with van der Waals surface area (Å²) in [7, 11) is 2.19. The van der Waals surface area contributed by atoms with Crippen LogP contribution in [0.5, 0.6) is 0 Å². The van der Waals surface area contributed by atoms with Crippen molar-refractivity contribution in [2.75, 3.05) is 11.9 Å². The van der Waals surface area contributed by atoms with Crippen molar-refractivity contribution in [3.63, 3.8) is 0 Å². The van der Waals surface area contributed by atoms with Crippen molar-refractivity contribution in [2.45, 2.75) is 51.6 Å². The molecule has 18 heavy (non-hydrogen) atoms. The minimum Gasteiger partial charge on any atom is -0.370 e. The molecule has 0 bridgehead atoms. The number of hydrogen-bond acceptors (Lipinski definition) is 3. The van der Waals surface area contributed by atoms with Gasteiger partial charge in [0.25, 0.3) is 0 Å². The second kappa shape index (κ2) is 5.70.